The van der Waals surface area contributed by atoms with Gasteiger partial charge in [-0.15, -0.1) is 34.8 Å². The van der Waals surface area contributed by atoms with Crippen molar-refractivity contribution in [3.05, 3.63) is 0 Å². The molecule has 0 amide bonds. The topological polar surface area (TPSA) is 27.7 Å². The smallest absolute Gasteiger partial charge is 0.304 e. The Morgan fingerprint density at radius 3 is 1.24 bits per heavy atom. The zero-order valence-corrected chi connectivity index (χ0v) is 14.0. The molecule has 0 aliphatic heterocycles. The highest BCUT2D eigenvalue weighted by atomic mass is 35.5. The summed E-state index contributed by atoms with van der Waals surface area (Å²) in [7, 11) is 0. The van der Waals surface area contributed by atoms with Gasteiger partial charge in [0.2, 0.25) is 0 Å². The van der Waals surface area contributed by atoms with Crippen molar-refractivity contribution in [3.63, 3.8) is 0 Å². The minimum Gasteiger partial charge on any atom is -0.304 e. The highest BCUT2D eigenvalue weighted by Gasteiger charge is 2.28. The SMILES string of the molecule is CC(CCl)OP(=S)(OC(C)CCl)OC(C)CCl. The van der Waals surface area contributed by atoms with Crippen LogP contribution in [0.2, 0.25) is 0 Å². The molecule has 0 aliphatic carbocycles. The monoisotopic (exact) mass is 342 g/mol. The molecule has 0 aromatic heterocycles. The lowest BCUT2D eigenvalue weighted by Crippen LogP contribution is -2.19. The van der Waals surface area contributed by atoms with Crippen LogP contribution in [0.15, 0.2) is 0 Å². The summed E-state index contributed by atoms with van der Waals surface area (Å²) < 4.78 is 16.7. The second-order valence-electron chi connectivity index (χ2n) is 3.66. The Kier molecular flexibility index (Phi) is 10.1. The average Bonchev–Trinajstić information content (AvgIpc) is 2.27. The number of alkyl halides is 3. The van der Waals surface area contributed by atoms with E-state index in [1.54, 1.807) is 20.8 Å². The van der Waals surface area contributed by atoms with E-state index in [9.17, 15) is 0 Å². The summed E-state index contributed by atoms with van der Waals surface area (Å²) in [5, 5.41) is 0. The lowest BCUT2D eigenvalue weighted by molar-refractivity contribution is 0.0940. The van der Waals surface area contributed by atoms with E-state index in [0.29, 0.717) is 17.6 Å². The molecule has 0 rings (SSSR count). The lowest BCUT2D eigenvalue weighted by atomic mass is 10.5. The molecule has 0 aliphatic rings. The van der Waals surface area contributed by atoms with Crippen molar-refractivity contribution in [1.82, 2.24) is 0 Å². The number of rotatable bonds is 9. The molecule has 0 bridgehead atoms. The number of halogens is 3. The molecule has 3 unspecified atom stereocenters. The maximum Gasteiger partial charge on any atom is 0.328 e. The van der Waals surface area contributed by atoms with E-state index in [4.69, 9.17) is 60.2 Å². The molecule has 8 heteroatoms. The molecule has 0 aromatic rings. The molecule has 0 aromatic carbocycles. The first-order valence-electron chi connectivity index (χ1n) is 5.20. The van der Waals surface area contributed by atoms with Crippen LogP contribution in [0.3, 0.4) is 0 Å². The van der Waals surface area contributed by atoms with Gasteiger partial charge in [-0.2, -0.15) is 0 Å². The van der Waals surface area contributed by atoms with E-state index < -0.39 is 6.72 Å². The normalized spacial score (nSPS) is 20.6. The van der Waals surface area contributed by atoms with Crippen LogP contribution in [0, 0.1) is 0 Å². The van der Waals surface area contributed by atoms with Gasteiger partial charge >= 0.3 is 6.72 Å². The average molecular weight is 344 g/mol. The Morgan fingerprint density at radius 1 is 0.824 bits per heavy atom. The Hall–Kier alpha value is 1.40. The quantitative estimate of drug-likeness (QED) is 0.464. The predicted molar refractivity (Wildman–Crippen MR) is 78.1 cm³/mol. The fraction of sp³-hybridized carbons (Fsp3) is 1.00. The summed E-state index contributed by atoms with van der Waals surface area (Å²) in [6.45, 7) is 2.55. The van der Waals surface area contributed by atoms with Gasteiger partial charge in [-0.1, -0.05) is 0 Å². The van der Waals surface area contributed by atoms with Crippen LogP contribution in [0.5, 0.6) is 0 Å². The summed E-state index contributed by atoms with van der Waals surface area (Å²) in [6, 6.07) is 0. The largest absolute Gasteiger partial charge is 0.328 e. The maximum absolute atomic E-state index is 5.68. The molecule has 0 saturated heterocycles. The molecule has 17 heavy (non-hydrogen) atoms. The van der Waals surface area contributed by atoms with Crippen LogP contribution >= 0.6 is 41.5 Å². The van der Waals surface area contributed by atoms with Crippen molar-refractivity contribution in [1.29, 1.82) is 0 Å². The van der Waals surface area contributed by atoms with E-state index in [1.165, 1.54) is 0 Å². The fourth-order valence-electron chi connectivity index (χ4n) is 0.820. The summed E-state index contributed by atoms with van der Waals surface area (Å²) >= 11 is 22.3. The lowest BCUT2D eigenvalue weighted by Gasteiger charge is -2.28. The second-order valence-corrected chi connectivity index (χ2v) is 7.45. The third-order valence-electron chi connectivity index (χ3n) is 1.58. The standard InChI is InChI=1S/C9H18Cl3O3PS/c1-7(4-10)13-16(17,14-8(2)5-11)15-9(3)6-12/h7-9H,4-6H2,1-3H3. The zero-order valence-electron chi connectivity index (χ0n) is 10.1. The van der Waals surface area contributed by atoms with Gasteiger partial charge in [0.1, 0.15) is 0 Å². The van der Waals surface area contributed by atoms with Gasteiger partial charge in [0.05, 0.1) is 18.3 Å². The maximum atomic E-state index is 5.68. The van der Waals surface area contributed by atoms with Crippen LogP contribution in [-0.4, -0.2) is 36.0 Å². The van der Waals surface area contributed by atoms with Crippen LogP contribution in [-0.2, 0) is 25.4 Å². The molecule has 0 heterocycles. The minimum absolute atomic E-state index is 0.243. The number of hydrogen-bond acceptors (Lipinski definition) is 4. The molecular formula is C9H18Cl3O3PS. The highest BCUT2D eigenvalue weighted by Crippen LogP contribution is 2.53. The first-order valence-corrected chi connectivity index (χ1v) is 9.36. The van der Waals surface area contributed by atoms with Crippen molar-refractivity contribution < 1.29 is 13.6 Å². The van der Waals surface area contributed by atoms with E-state index in [2.05, 4.69) is 0 Å². The molecule has 0 spiro atoms. The van der Waals surface area contributed by atoms with E-state index >= 15 is 0 Å². The van der Waals surface area contributed by atoms with Crippen molar-refractivity contribution in [2.45, 2.75) is 39.1 Å². The molecule has 104 valence electrons. The molecule has 0 radical (unpaired) electrons. The summed E-state index contributed by atoms with van der Waals surface area (Å²) in [5.41, 5.74) is 0. The van der Waals surface area contributed by atoms with Crippen molar-refractivity contribution in [2.24, 2.45) is 0 Å². The zero-order chi connectivity index (χ0) is 13.5. The van der Waals surface area contributed by atoms with Gasteiger partial charge in [-0.25, -0.2) is 0 Å². The van der Waals surface area contributed by atoms with Gasteiger partial charge in [0.15, 0.2) is 0 Å². The van der Waals surface area contributed by atoms with Gasteiger partial charge in [0, 0.05) is 17.6 Å². The summed E-state index contributed by atoms with van der Waals surface area (Å²) in [4.78, 5) is 0. The van der Waals surface area contributed by atoms with Crippen molar-refractivity contribution in [2.75, 3.05) is 17.6 Å². The van der Waals surface area contributed by atoms with E-state index in [0.717, 1.165) is 0 Å². The summed E-state index contributed by atoms with van der Waals surface area (Å²) in [6.07, 6.45) is -0.729. The summed E-state index contributed by atoms with van der Waals surface area (Å²) in [5.74, 6) is 0.945. The highest BCUT2D eigenvalue weighted by molar-refractivity contribution is 8.07. The van der Waals surface area contributed by atoms with Crippen LogP contribution in [0.4, 0.5) is 0 Å². The van der Waals surface area contributed by atoms with Crippen LogP contribution < -0.4 is 0 Å². The van der Waals surface area contributed by atoms with Crippen LogP contribution in [0.1, 0.15) is 20.8 Å². The first kappa shape index (κ1) is 18.4. The Labute approximate surface area is 123 Å². The number of hydrogen-bond donors (Lipinski definition) is 0. The van der Waals surface area contributed by atoms with Gasteiger partial charge in [-0.3, -0.25) is 0 Å². The van der Waals surface area contributed by atoms with E-state index in [-0.39, 0.29) is 18.3 Å². The van der Waals surface area contributed by atoms with Crippen molar-refractivity contribution in [3.8, 4) is 0 Å². The van der Waals surface area contributed by atoms with Crippen molar-refractivity contribution >= 4 is 53.3 Å². The second kappa shape index (κ2) is 9.33. The van der Waals surface area contributed by atoms with Crippen LogP contribution in [0.25, 0.3) is 0 Å². The van der Waals surface area contributed by atoms with E-state index in [1.807, 2.05) is 0 Å². The molecule has 3 nitrogen and oxygen atoms in total. The molecule has 0 saturated carbocycles. The minimum atomic E-state index is -2.86. The third-order valence-corrected chi connectivity index (χ3v) is 5.51. The Bertz CT molecular complexity index is 220. The fourth-order valence-corrected chi connectivity index (χ4v) is 4.29. The Morgan fingerprint density at radius 2 is 1.06 bits per heavy atom. The third kappa shape index (κ3) is 8.22. The first-order chi connectivity index (χ1) is 7.86. The molecular weight excluding hydrogens is 325 g/mol. The predicted octanol–water partition coefficient (Wildman–Crippen LogP) is 4.14. The molecule has 0 N–H and O–H groups in total. The van der Waals surface area contributed by atoms with Gasteiger partial charge < -0.3 is 13.6 Å². The molecule has 0 fully saturated rings. The molecule has 3 atom stereocenters. The Balaban J connectivity index is 4.62. The van der Waals surface area contributed by atoms with Gasteiger partial charge in [-0.05, 0) is 32.6 Å². The van der Waals surface area contributed by atoms with Gasteiger partial charge in [0.25, 0.3) is 0 Å².